The van der Waals surface area contributed by atoms with Gasteiger partial charge >= 0.3 is 0 Å². The number of carbonyl (C=O) groups excluding carboxylic acids is 1. The Morgan fingerprint density at radius 2 is 2.28 bits per heavy atom. The van der Waals surface area contributed by atoms with Crippen molar-refractivity contribution in [2.24, 2.45) is 0 Å². The highest BCUT2D eigenvalue weighted by Crippen LogP contribution is 2.17. The third-order valence-electron chi connectivity index (χ3n) is 2.62. The summed E-state index contributed by atoms with van der Waals surface area (Å²) in [7, 11) is 0. The molecule has 0 spiro atoms. The minimum absolute atomic E-state index is 0.114. The van der Waals surface area contributed by atoms with E-state index in [1.54, 1.807) is 16.9 Å². The van der Waals surface area contributed by atoms with E-state index in [0.29, 0.717) is 10.0 Å². The third-order valence-corrected chi connectivity index (χ3v) is 3.26. The number of halogens is 2. The number of aryl methyl sites for hydroxylation is 1. The van der Waals surface area contributed by atoms with Crippen LogP contribution < -0.4 is 0 Å². The fraction of sp³-hybridized carbons (Fsp3) is 0.231. The van der Waals surface area contributed by atoms with Crippen LogP contribution in [0.2, 0.25) is 0 Å². The normalized spacial score (nSPS) is 10.6. The predicted molar refractivity (Wildman–Crippen MR) is 70.0 cm³/mol. The van der Waals surface area contributed by atoms with Crippen molar-refractivity contribution >= 4 is 21.7 Å². The molecule has 0 fully saturated rings. The van der Waals surface area contributed by atoms with Crippen molar-refractivity contribution in [2.75, 3.05) is 0 Å². The van der Waals surface area contributed by atoms with Crippen molar-refractivity contribution < 1.29 is 9.18 Å². The van der Waals surface area contributed by atoms with Crippen LogP contribution in [0.25, 0.3) is 0 Å². The molecular formula is C13H12BrFN2O. The minimum atomic E-state index is -0.426. The zero-order valence-electron chi connectivity index (χ0n) is 9.86. The second-order valence-electron chi connectivity index (χ2n) is 3.93. The fourth-order valence-electron chi connectivity index (χ4n) is 1.63. The second-order valence-corrected chi connectivity index (χ2v) is 4.79. The third kappa shape index (κ3) is 2.85. The highest BCUT2D eigenvalue weighted by Gasteiger charge is 2.10. The summed E-state index contributed by atoms with van der Waals surface area (Å²) in [5, 5.41) is 4.10. The van der Waals surface area contributed by atoms with Gasteiger partial charge in [-0.25, -0.2) is 4.39 Å². The van der Waals surface area contributed by atoms with Gasteiger partial charge in [0.25, 0.3) is 0 Å². The van der Waals surface area contributed by atoms with Gasteiger partial charge in [0.1, 0.15) is 5.82 Å². The predicted octanol–water partition coefficient (Wildman–Crippen LogP) is 3.23. The lowest BCUT2D eigenvalue weighted by atomic mass is 10.1. The van der Waals surface area contributed by atoms with Gasteiger partial charge in [-0.05, 0) is 40.5 Å². The summed E-state index contributed by atoms with van der Waals surface area (Å²) in [5.41, 5.74) is 1.21. The Kier molecular flexibility index (Phi) is 3.91. The van der Waals surface area contributed by atoms with E-state index < -0.39 is 5.82 Å². The summed E-state index contributed by atoms with van der Waals surface area (Å²) in [6.45, 7) is 2.74. The number of carbonyl (C=O) groups is 1. The first-order valence-electron chi connectivity index (χ1n) is 5.59. The molecule has 0 aliphatic heterocycles. The monoisotopic (exact) mass is 310 g/mol. The number of rotatable bonds is 4. The first-order valence-corrected chi connectivity index (χ1v) is 6.39. The van der Waals surface area contributed by atoms with Gasteiger partial charge in [0.15, 0.2) is 5.78 Å². The molecule has 0 aliphatic carbocycles. The second kappa shape index (κ2) is 5.44. The van der Waals surface area contributed by atoms with E-state index in [2.05, 4.69) is 21.0 Å². The first kappa shape index (κ1) is 13.0. The van der Waals surface area contributed by atoms with Crippen molar-refractivity contribution in [3.05, 3.63) is 52.0 Å². The quantitative estimate of drug-likeness (QED) is 0.813. The van der Waals surface area contributed by atoms with Crippen LogP contribution in [0.5, 0.6) is 0 Å². The van der Waals surface area contributed by atoms with Gasteiger partial charge in [0.05, 0.1) is 10.7 Å². The molecule has 0 N–H and O–H groups in total. The zero-order valence-corrected chi connectivity index (χ0v) is 11.4. The lowest BCUT2D eigenvalue weighted by Gasteiger charge is -2.01. The fourth-order valence-corrected chi connectivity index (χ4v) is 1.87. The van der Waals surface area contributed by atoms with Gasteiger partial charge < -0.3 is 0 Å². The van der Waals surface area contributed by atoms with Gasteiger partial charge in [0, 0.05) is 24.7 Å². The SMILES string of the molecule is CCn1cc(CC(=O)c2ccc(Br)c(F)c2)cn1. The molecule has 1 aromatic carbocycles. The smallest absolute Gasteiger partial charge is 0.167 e. The Balaban J connectivity index is 2.14. The Morgan fingerprint density at radius 3 is 2.89 bits per heavy atom. The largest absolute Gasteiger partial charge is 0.294 e. The van der Waals surface area contributed by atoms with Gasteiger partial charge in [0.2, 0.25) is 0 Å². The number of hydrogen-bond donors (Lipinski definition) is 0. The molecule has 0 atom stereocenters. The molecular weight excluding hydrogens is 299 g/mol. The maximum absolute atomic E-state index is 13.3. The van der Waals surface area contributed by atoms with Gasteiger partial charge in [-0.3, -0.25) is 9.48 Å². The average molecular weight is 311 g/mol. The van der Waals surface area contributed by atoms with Crippen molar-refractivity contribution in [3.63, 3.8) is 0 Å². The molecule has 1 heterocycles. The number of ketones is 1. The molecule has 1 aromatic heterocycles. The van der Waals surface area contributed by atoms with Crippen LogP contribution in [-0.4, -0.2) is 15.6 Å². The summed E-state index contributed by atoms with van der Waals surface area (Å²) < 4.78 is 15.4. The lowest BCUT2D eigenvalue weighted by Crippen LogP contribution is -2.03. The van der Waals surface area contributed by atoms with E-state index in [-0.39, 0.29) is 12.2 Å². The summed E-state index contributed by atoms with van der Waals surface area (Å²) in [6.07, 6.45) is 3.73. The van der Waals surface area contributed by atoms with Crippen molar-refractivity contribution in [1.29, 1.82) is 0 Å². The Bertz CT molecular complexity index is 580. The van der Waals surface area contributed by atoms with Crippen molar-refractivity contribution in [2.45, 2.75) is 19.9 Å². The summed E-state index contributed by atoms with van der Waals surface area (Å²) in [4.78, 5) is 12.0. The Morgan fingerprint density at radius 1 is 1.50 bits per heavy atom. The van der Waals surface area contributed by atoms with Crippen LogP contribution in [0.3, 0.4) is 0 Å². The Labute approximate surface area is 113 Å². The highest BCUT2D eigenvalue weighted by atomic mass is 79.9. The zero-order chi connectivity index (χ0) is 13.1. The number of aromatic nitrogens is 2. The summed E-state index contributed by atoms with van der Waals surface area (Å²) >= 11 is 3.06. The number of benzene rings is 1. The summed E-state index contributed by atoms with van der Waals surface area (Å²) in [6, 6.07) is 4.40. The van der Waals surface area contributed by atoms with Crippen LogP contribution in [0.4, 0.5) is 4.39 Å². The van der Waals surface area contributed by atoms with Gasteiger partial charge in [-0.1, -0.05) is 6.07 Å². The molecule has 94 valence electrons. The van der Waals surface area contributed by atoms with E-state index in [0.717, 1.165) is 12.1 Å². The van der Waals surface area contributed by atoms with Crippen LogP contribution in [0.1, 0.15) is 22.8 Å². The van der Waals surface area contributed by atoms with Gasteiger partial charge in [-0.2, -0.15) is 5.10 Å². The number of Topliss-reactive ketones (excluding diaryl/α,β-unsaturated/α-hetero) is 1. The molecule has 0 radical (unpaired) electrons. The molecule has 0 amide bonds. The molecule has 0 aliphatic rings. The molecule has 18 heavy (non-hydrogen) atoms. The molecule has 3 nitrogen and oxygen atoms in total. The van der Waals surface area contributed by atoms with Crippen LogP contribution in [0.15, 0.2) is 35.1 Å². The molecule has 5 heteroatoms. The molecule has 2 rings (SSSR count). The minimum Gasteiger partial charge on any atom is -0.294 e. The number of nitrogens with zero attached hydrogens (tertiary/aromatic N) is 2. The van der Waals surface area contributed by atoms with E-state index in [1.165, 1.54) is 12.1 Å². The van der Waals surface area contributed by atoms with Crippen LogP contribution in [0, 0.1) is 5.82 Å². The van der Waals surface area contributed by atoms with Crippen LogP contribution >= 0.6 is 15.9 Å². The average Bonchev–Trinajstić information content (AvgIpc) is 2.80. The molecule has 0 bridgehead atoms. The Hall–Kier alpha value is -1.49. The maximum Gasteiger partial charge on any atom is 0.167 e. The maximum atomic E-state index is 13.3. The van der Waals surface area contributed by atoms with Crippen molar-refractivity contribution in [1.82, 2.24) is 9.78 Å². The van der Waals surface area contributed by atoms with E-state index in [4.69, 9.17) is 0 Å². The molecule has 0 saturated heterocycles. The van der Waals surface area contributed by atoms with E-state index >= 15 is 0 Å². The van der Waals surface area contributed by atoms with Crippen molar-refractivity contribution in [3.8, 4) is 0 Å². The van der Waals surface area contributed by atoms with E-state index in [1.807, 2.05) is 13.1 Å². The topological polar surface area (TPSA) is 34.9 Å². The van der Waals surface area contributed by atoms with E-state index in [9.17, 15) is 9.18 Å². The molecule has 0 unspecified atom stereocenters. The lowest BCUT2D eigenvalue weighted by molar-refractivity contribution is 0.0992. The molecule has 0 saturated carbocycles. The van der Waals surface area contributed by atoms with Gasteiger partial charge in [-0.15, -0.1) is 0 Å². The highest BCUT2D eigenvalue weighted by molar-refractivity contribution is 9.10. The van der Waals surface area contributed by atoms with Crippen LogP contribution in [-0.2, 0) is 13.0 Å². The number of hydrogen-bond acceptors (Lipinski definition) is 2. The summed E-state index contributed by atoms with van der Waals surface area (Å²) in [5.74, 6) is -0.540. The molecule has 2 aromatic rings. The standard InChI is InChI=1S/C13H12BrFN2O/c1-2-17-8-9(7-16-17)5-13(18)10-3-4-11(14)12(15)6-10/h3-4,6-8H,2,5H2,1H3. The first-order chi connectivity index (χ1) is 8.60.